The molecule has 1 rings (SSSR count). The number of likely N-dealkylation sites (tertiary alicyclic amines) is 1. The Balaban J connectivity index is 2.42. The smallest absolute Gasteiger partial charge is 0.226 e. The van der Waals surface area contributed by atoms with Gasteiger partial charge in [-0.15, -0.1) is 0 Å². The highest BCUT2D eigenvalue weighted by Gasteiger charge is 2.26. The topological polar surface area (TPSA) is 40.6 Å². The van der Waals surface area contributed by atoms with Crippen LogP contribution in [-0.4, -0.2) is 55.2 Å². The fourth-order valence-electron chi connectivity index (χ4n) is 2.21. The molecule has 0 bridgehead atoms. The van der Waals surface area contributed by atoms with Crippen LogP contribution in [0.2, 0.25) is 0 Å². The molecule has 1 amide bonds. The second-order valence-corrected chi connectivity index (χ2v) is 4.45. The van der Waals surface area contributed by atoms with Gasteiger partial charge >= 0.3 is 0 Å². The summed E-state index contributed by atoms with van der Waals surface area (Å²) in [5, 5.41) is 0. The monoisotopic (exact) mass is 226 g/mol. The number of amides is 1. The van der Waals surface area contributed by atoms with E-state index in [1.54, 1.807) is 11.9 Å². The minimum absolute atomic E-state index is 0.130. The summed E-state index contributed by atoms with van der Waals surface area (Å²) in [7, 11) is 1.79. The molecule has 1 atom stereocenters. The molecular weight excluding hydrogens is 204 g/mol. The number of rotatable bonds is 5. The lowest BCUT2D eigenvalue weighted by Crippen LogP contribution is -2.43. The molecule has 0 aromatic carbocycles. The molecule has 0 N–H and O–H groups in total. The summed E-state index contributed by atoms with van der Waals surface area (Å²) in [4.78, 5) is 26.3. The van der Waals surface area contributed by atoms with Crippen LogP contribution in [0.15, 0.2) is 0 Å². The van der Waals surface area contributed by atoms with Crippen molar-refractivity contribution in [2.24, 2.45) is 5.92 Å². The summed E-state index contributed by atoms with van der Waals surface area (Å²) in [5.74, 6) is 0.324. The molecule has 16 heavy (non-hydrogen) atoms. The third kappa shape index (κ3) is 3.59. The average molecular weight is 226 g/mol. The predicted molar refractivity (Wildman–Crippen MR) is 63.2 cm³/mol. The first-order valence-electron chi connectivity index (χ1n) is 6.10. The Morgan fingerprint density at radius 2 is 2.31 bits per heavy atom. The Kier molecular flexibility index (Phi) is 5.46. The van der Waals surface area contributed by atoms with Gasteiger partial charge in [0, 0.05) is 26.6 Å². The SMILES string of the molecule is CCN1CCCC(C(=O)N(C)CCC=O)C1. The van der Waals surface area contributed by atoms with Crippen LogP contribution in [0.4, 0.5) is 0 Å². The lowest BCUT2D eigenvalue weighted by molar-refractivity contribution is -0.136. The number of piperidine rings is 1. The highest BCUT2D eigenvalue weighted by molar-refractivity contribution is 5.79. The Morgan fingerprint density at radius 1 is 1.56 bits per heavy atom. The minimum Gasteiger partial charge on any atom is -0.345 e. The van der Waals surface area contributed by atoms with Crippen molar-refractivity contribution in [3.05, 3.63) is 0 Å². The van der Waals surface area contributed by atoms with Crippen LogP contribution in [0.25, 0.3) is 0 Å². The van der Waals surface area contributed by atoms with Gasteiger partial charge in [0.15, 0.2) is 0 Å². The van der Waals surface area contributed by atoms with E-state index >= 15 is 0 Å². The minimum atomic E-state index is 0.130. The fourth-order valence-corrected chi connectivity index (χ4v) is 2.21. The molecule has 0 aromatic rings. The van der Waals surface area contributed by atoms with E-state index in [1.807, 2.05) is 0 Å². The fraction of sp³-hybridized carbons (Fsp3) is 0.833. The number of aldehydes is 1. The van der Waals surface area contributed by atoms with Gasteiger partial charge in [0.25, 0.3) is 0 Å². The highest BCUT2D eigenvalue weighted by atomic mass is 16.2. The number of hydrogen-bond acceptors (Lipinski definition) is 3. The number of carbonyl (C=O) groups excluding carboxylic acids is 2. The van der Waals surface area contributed by atoms with Gasteiger partial charge in [-0.25, -0.2) is 0 Å². The van der Waals surface area contributed by atoms with Gasteiger partial charge < -0.3 is 14.6 Å². The van der Waals surface area contributed by atoms with Crippen LogP contribution in [0.3, 0.4) is 0 Å². The highest BCUT2D eigenvalue weighted by Crippen LogP contribution is 2.18. The molecule has 0 spiro atoms. The third-order valence-corrected chi connectivity index (χ3v) is 3.26. The van der Waals surface area contributed by atoms with Gasteiger partial charge in [-0.05, 0) is 25.9 Å². The summed E-state index contributed by atoms with van der Waals surface area (Å²) in [6.45, 7) is 5.68. The average Bonchev–Trinajstić information content (AvgIpc) is 2.35. The molecule has 92 valence electrons. The van der Waals surface area contributed by atoms with Gasteiger partial charge in [0.2, 0.25) is 5.91 Å². The van der Waals surface area contributed by atoms with E-state index in [0.717, 1.165) is 38.8 Å². The third-order valence-electron chi connectivity index (χ3n) is 3.26. The summed E-state index contributed by atoms with van der Waals surface area (Å²) in [6, 6.07) is 0. The number of hydrogen-bond donors (Lipinski definition) is 0. The van der Waals surface area contributed by atoms with E-state index in [2.05, 4.69) is 11.8 Å². The maximum atomic E-state index is 12.0. The van der Waals surface area contributed by atoms with Crippen molar-refractivity contribution in [3.63, 3.8) is 0 Å². The first-order chi connectivity index (χ1) is 7.69. The Morgan fingerprint density at radius 3 is 2.94 bits per heavy atom. The zero-order valence-corrected chi connectivity index (χ0v) is 10.3. The first kappa shape index (κ1) is 13.2. The molecule has 1 aliphatic rings. The van der Waals surface area contributed by atoms with Gasteiger partial charge in [-0.3, -0.25) is 4.79 Å². The van der Waals surface area contributed by atoms with Crippen LogP contribution in [-0.2, 0) is 9.59 Å². The summed E-state index contributed by atoms with van der Waals surface area (Å²) in [6.07, 6.45) is 3.39. The van der Waals surface area contributed by atoms with Gasteiger partial charge in [0.1, 0.15) is 6.29 Å². The Hall–Kier alpha value is -0.900. The van der Waals surface area contributed by atoms with Crippen LogP contribution in [0, 0.1) is 5.92 Å². The second kappa shape index (κ2) is 6.63. The molecule has 0 aliphatic carbocycles. The summed E-state index contributed by atoms with van der Waals surface area (Å²) >= 11 is 0. The molecule has 1 unspecified atom stereocenters. The standard InChI is InChI=1S/C12H22N2O2/c1-3-14-8-4-6-11(10-14)12(16)13(2)7-5-9-15/h9,11H,3-8,10H2,1-2H3. The van der Waals surface area contributed by atoms with Crippen LogP contribution in [0.1, 0.15) is 26.2 Å². The summed E-state index contributed by atoms with van der Waals surface area (Å²) in [5.41, 5.74) is 0. The van der Waals surface area contributed by atoms with E-state index in [1.165, 1.54) is 0 Å². The van der Waals surface area contributed by atoms with Crippen molar-refractivity contribution in [1.82, 2.24) is 9.80 Å². The van der Waals surface area contributed by atoms with Crippen molar-refractivity contribution in [1.29, 1.82) is 0 Å². The zero-order chi connectivity index (χ0) is 12.0. The Bertz CT molecular complexity index is 243. The van der Waals surface area contributed by atoms with E-state index in [0.29, 0.717) is 13.0 Å². The zero-order valence-electron chi connectivity index (χ0n) is 10.3. The molecule has 4 heteroatoms. The molecule has 0 radical (unpaired) electrons. The Labute approximate surface area is 97.6 Å². The van der Waals surface area contributed by atoms with Crippen LogP contribution in [0.5, 0.6) is 0 Å². The molecule has 0 saturated carbocycles. The quantitative estimate of drug-likeness (QED) is 0.650. The van der Waals surface area contributed by atoms with E-state index in [-0.39, 0.29) is 11.8 Å². The lowest BCUT2D eigenvalue weighted by atomic mass is 9.96. The van der Waals surface area contributed by atoms with Gasteiger partial charge in [-0.2, -0.15) is 0 Å². The van der Waals surface area contributed by atoms with Gasteiger partial charge in [-0.1, -0.05) is 6.92 Å². The molecule has 4 nitrogen and oxygen atoms in total. The molecule has 1 saturated heterocycles. The van der Waals surface area contributed by atoms with Crippen LogP contribution < -0.4 is 0 Å². The molecule has 0 aromatic heterocycles. The second-order valence-electron chi connectivity index (χ2n) is 4.45. The van der Waals surface area contributed by atoms with Crippen molar-refractivity contribution >= 4 is 12.2 Å². The van der Waals surface area contributed by atoms with Crippen molar-refractivity contribution in [3.8, 4) is 0 Å². The molecule has 1 aliphatic heterocycles. The number of nitrogens with zero attached hydrogens (tertiary/aromatic N) is 2. The lowest BCUT2D eigenvalue weighted by Gasteiger charge is -2.33. The largest absolute Gasteiger partial charge is 0.345 e. The summed E-state index contributed by atoms with van der Waals surface area (Å²) < 4.78 is 0. The number of carbonyl (C=O) groups is 2. The van der Waals surface area contributed by atoms with Gasteiger partial charge in [0.05, 0.1) is 5.92 Å². The molecule has 1 heterocycles. The van der Waals surface area contributed by atoms with Crippen LogP contribution >= 0.6 is 0 Å². The molecular formula is C12H22N2O2. The van der Waals surface area contributed by atoms with Crippen molar-refractivity contribution in [2.75, 3.05) is 33.2 Å². The maximum Gasteiger partial charge on any atom is 0.226 e. The normalized spacial score (nSPS) is 21.8. The van der Waals surface area contributed by atoms with Crippen molar-refractivity contribution < 1.29 is 9.59 Å². The maximum absolute atomic E-state index is 12.0. The van der Waals surface area contributed by atoms with Crippen molar-refractivity contribution in [2.45, 2.75) is 26.2 Å². The first-order valence-corrected chi connectivity index (χ1v) is 6.10. The molecule has 1 fully saturated rings. The predicted octanol–water partition coefficient (Wildman–Crippen LogP) is 0.766. The van der Waals surface area contributed by atoms with E-state index < -0.39 is 0 Å². The van der Waals surface area contributed by atoms with E-state index in [9.17, 15) is 9.59 Å². The van der Waals surface area contributed by atoms with E-state index in [4.69, 9.17) is 0 Å².